The van der Waals surface area contributed by atoms with E-state index in [0.29, 0.717) is 18.0 Å². The molecule has 0 bridgehead atoms. The molecule has 2 aromatic rings. The number of amides is 1. The van der Waals surface area contributed by atoms with Crippen molar-refractivity contribution in [2.24, 2.45) is 0 Å². The molecule has 154 valence electrons. The number of nitrogens with zero attached hydrogens (tertiary/aromatic N) is 2. The summed E-state index contributed by atoms with van der Waals surface area (Å²) >= 11 is 0. The Bertz CT molecular complexity index is 820. The zero-order valence-electron chi connectivity index (χ0n) is 16.6. The van der Waals surface area contributed by atoms with Crippen LogP contribution in [0.3, 0.4) is 0 Å². The molecule has 0 aromatic heterocycles. The first-order valence-electron chi connectivity index (χ1n) is 9.77. The van der Waals surface area contributed by atoms with Gasteiger partial charge in [0.2, 0.25) is 5.91 Å². The van der Waals surface area contributed by atoms with Crippen molar-refractivity contribution < 1.29 is 19.4 Å². The molecular formula is C22H27N3O4. The first-order chi connectivity index (χ1) is 14.0. The van der Waals surface area contributed by atoms with Crippen molar-refractivity contribution in [2.75, 3.05) is 38.5 Å². The second-order valence-electron chi connectivity index (χ2n) is 7.31. The molecule has 1 amide bonds. The maximum atomic E-state index is 12.4. The van der Waals surface area contributed by atoms with E-state index in [1.165, 1.54) is 0 Å². The third-order valence-electron chi connectivity index (χ3n) is 5.03. The molecule has 0 radical (unpaired) electrons. The maximum Gasteiger partial charge on any atom is 0.317 e. The number of carbonyl (C=O) groups excluding carboxylic acids is 1. The summed E-state index contributed by atoms with van der Waals surface area (Å²) in [5.74, 6) is 0.523. The summed E-state index contributed by atoms with van der Waals surface area (Å²) in [5.41, 5.74) is 0.694. The lowest BCUT2D eigenvalue weighted by molar-refractivity contribution is -0.138. The Labute approximate surface area is 170 Å². The second-order valence-corrected chi connectivity index (χ2v) is 7.31. The van der Waals surface area contributed by atoms with Crippen LogP contribution in [0.4, 0.5) is 5.69 Å². The number of anilines is 1. The van der Waals surface area contributed by atoms with Crippen LogP contribution in [0, 0.1) is 0 Å². The lowest BCUT2D eigenvalue weighted by atomic mass is 10.0. The van der Waals surface area contributed by atoms with E-state index < -0.39 is 5.97 Å². The molecule has 29 heavy (non-hydrogen) atoms. The van der Waals surface area contributed by atoms with Gasteiger partial charge < -0.3 is 15.2 Å². The van der Waals surface area contributed by atoms with Crippen molar-refractivity contribution in [2.45, 2.75) is 18.9 Å². The Kier molecular flexibility index (Phi) is 7.21. The van der Waals surface area contributed by atoms with E-state index in [2.05, 4.69) is 10.2 Å². The molecule has 0 atom stereocenters. The van der Waals surface area contributed by atoms with Gasteiger partial charge in [-0.2, -0.15) is 0 Å². The first-order valence-corrected chi connectivity index (χ1v) is 9.77. The first kappa shape index (κ1) is 20.8. The van der Waals surface area contributed by atoms with Gasteiger partial charge in [-0.1, -0.05) is 24.3 Å². The van der Waals surface area contributed by atoms with Crippen LogP contribution in [-0.4, -0.2) is 66.1 Å². The normalized spacial score (nSPS) is 15.2. The minimum atomic E-state index is -0.812. The largest absolute Gasteiger partial charge is 0.480 e. The molecule has 7 heteroatoms. The average Bonchev–Trinajstić information content (AvgIpc) is 2.69. The number of carboxylic acid groups (broad SMARTS) is 1. The van der Waals surface area contributed by atoms with Crippen LogP contribution in [0.25, 0.3) is 0 Å². The van der Waals surface area contributed by atoms with Crippen molar-refractivity contribution in [3.63, 3.8) is 0 Å². The number of ether oxygens (including phenoxy) is 1. The molecule has 2 N–H and O–H groups in total. The van der Waals surface area contributed by atoms with E-state index in [9.17, 15) is 9.59 Å². The minimum absolute atomic E-state index is 0.0482. The predicted molar refractivity (Wildman–Crippen MR) is 111 cm³/mol. The van der Waals surface area contributed by atoms with Gasteiger partial charge in [0.1, 0.15) is 11.5 Å². The number of aliphatic carboxylic acids is 1. The van der Waals surface area contributed by atoms with E-state index in [0.717, 1.165) is 31.7 Å². The Morgan fingerprint density at radius 1 is 1.10 bits per heavy atom. The van der Waals surface area contributed by atoms with Crippen molar-refractivity contribution >= 4 is 17.6 Å². The summed E-state index contributed by atoms with van der Waals surface area (Å²) in [6.45, 7) is 1.92. The van der Waals surface area contributed by atoms with Gasteiger partial charge in [0, 0.05) is 30.9 Å². The number of nitrogens with one attached hydrogen (secondary N) is 1. The SMILES string of the molecule is CN(CC(=O)O)C1CCN(CC(=O)Nc2cccc(Oc3ccccc3)c2)CC1. The summed E-state index contributed by atoms with van der Waals surface area (Å²) in [6, 6.07) is 17.1. The smallest absolute Gasteiger partial charge is 0.317 e. The van der Waals surface area contributed by atoms with E-state index in [1.54, 1.807) is 6.07 Å². The molecule has 0 aliphatic carbocycles. The number of piperidine rings is 1. The van der Waals surface area contributed by atoms with Crippen LogP contribution in [0.5, 0.6) is 11.5 Å². The number of hydrogen-bond acceptors (Lipinski definition) is 5. The molecule has 7 nitrogen and oxygen atoms in total. The predicted octanol–water partition coefficient (Wildman–Crippen LogP) is 2.90. The standard InChI is InChI=1S/C22H27N3O4/c1-24(16-22(27)28)18-10-12-25(13-11-18)15-21(26)23-17-6-5-9-20(14-17)29-19-7-3-2-4-8-19/h2-9,14,18H,10-13,15-16H2,1H3,(H,23,26)(H,27,28). The van der Waals surface area contributed by atoms with Gasteiger partial charge in [-0.05, 0) is 44.2 Å². The zero-order chi connectivity index (χ0) is 20.6. The highest BCUT2D eigenvalue weighted by Gasteiger charge is 2.24. The minimum Gasteiger partial charge on any atom is -0.480 e. The molecule has 3 rings (SSSR count). The fourth-order valence-electron chi connectivity index (χ4n) is 3.53. The quantitative estimate of drug-likeness (QED) is 0.713. The van der Waals surface area contributed by atoms with Crippen molar-refractivity contribution in [3.8, 4) is 11.5 Å². The molecule has 1 saturated heterocycles. The molecule has 0 saturated carbocycles. The van der Waals surface area contributed by atoms with Crippen molar-refractivity contribution in [1.82, 2.24) is 9.80 Å². The van der Waals surface area contributed by atoms with E-state index >= 15 is 0 Å². The van der Waals surface area contributed by atoms with Gasteiger partial charge in [-0.3, -0.25) is 19.4 Å². The highest BCUT2D eigenvalue weighted by atomic mass is 16.5. The van der Waals surface area contributed by atoms with Gasteiger partial charge in [0.25, 0.3) is 0 Å². The number of carbonyl (C=O) groups is 2. The van der Waals surface area contributed by atoms with Gasteiger partial charge in [0.15, 0.2) is 0 Å². The van der Waals surface area contributed by atoms with E-state index in [1.807, 2.05) is 60.5 Å². The van der Waals surface area contributed by atoms with Gasteiger partial charge >= 0.3 is 5.97 Å². The number of rotatable bonds is 8. The van der Waals surface area contributed by atoms with Crippen LogP contribution >= 0.6 is 0 Å². The summed E-state index contributed by atoms with van der Waals surface area (Å²) in [4.78, 5) is 27.3. The fourth-order valence-corrected chi connectivity index (χ4v) is 3.53. The Hall–Kier alpha value is -2.90. The number of likely N-dealkylation sites (N-methyl/N-ethyl adjacent to an activating group) is 1. The Morgan fingerprint density at radius 2 is 1.79 bits per heavy atom. The van der Waals surface area contributed by atoms with E-state index in [4.69, 9.17) is 9.84 Å². The molecule has 1 fully saturated rings. The van der Waals surface area contributed by atoms with Gasteiger partial charge in [-0.15, -0.1) is 0 Å². The molecule has 0 spiro atoms. The van der Waals surface area contributed by atoms with Crippen LogP contribution in [-0.2, 0) is 9.59 Å². The highest BCUT2D eigenvalue weighted by Crippen LogP contribution is 2.24. The monoisotopic (exact) mass is 397 g/mol. The van der Waals surface area contributed by atoms with Crippen molar-refractivity contribution in [1.29, 1.82) is 0 Å². The van der Waals surface area contributed by atoms with Crippen LogP contribution in [0.15, 0.2) is 54.6 Å². The molecule has 1 heterocycles. The second kappa shape index (κ2) is 10.0. The van der Waals surface area contributed by atoms with Crippen LogP contribution in [0.2, 0.25) is 0 Å². The number of likely N-dealkylation sites (tertiary alicyclic amines) is 1. The van der Waals surface area contributed by atoms with Crippen LogP contribution < -0.4 is 10.1 Å². The zero-order valence-corrected chi connectivity index (χ0v) is 16.6. The molecular weight excluding hydrogens is 370 g/mol. The topological polar surface area (TPSA) is 82.1 Å². The number of carboxylic acids is 1. The summed E-state index contributed by atoms with van der Waals surface area (Å²) in [5, 5.41) is 11.8. The number of hydrogen-bond donors (Lipinski definition) is 2. The average molecular weight is 397 g/mol. The summed E-state index contributed by atoms with van der Waals surface area (Å²) < 4.78 is 5.80. The van der Waals surface area contributed by atoms with E-state index in [-0.39, 0.29) is 18.5 Å². The lowest BCUT2D eigenvalue weighted by Gasteiger charge is -2.35. The Morgan fingerprint density at radius 3 is 2.48 bits per heavy atom. The Balaban J connectivity index is 1.46. The summed E-state index contributed by atoms with van der Waals surface area (Å²) in [7, 11) is 1.84. The molecule has 0 unspecified atom stereocenters. The summed E-state index contributed by atoms with van der Waals surface area (Å²) in [6.07, 6.45) is 1.72. The molecule has 1 aliphatic heterocycles. The van der Waals surface area contributed by atoms with Gasteiger partial charge in [0.05, 0.1) is 13.1 Å². The molecule has 1 aliphatic rings. The van der Waals surface area contributed by atoms with Crippen molar-refractivity contribution in [3.05, 3.63) is 54.6 Å². The van der Waals surface area contributed by atoms with Crippen LogP contribution in [0.1, 0.15) is 12.8 Å². The highest BCUT2D eigenvalue weighted by molar-refractivity contribution is 5.92. The maximum absolute atomic E-state index is 12.4. The lowest BCUT2D eigenvalue weighted by Crippen LogP contribution is -2.46. The fraction of sp³-hybridized carbons (Fsp3) is 0.364. The molecule has 2 aromatic carbocycles. The number of benzene rings is 2. The van der Waals surface area contributed by atoms with Gasteiger partial charge in [-0.25, -0.2) is 0 Å². The third kappa shape index (κ3) is 6.58. The third-order valence-corrected chi connectivity index (χ3v) is 5.03. The number of para-hydroxylation sites is 1.